The first-order chi connectivity index (χ1) is 10.5. The van der Waals surface area contributed by atoms with E-state index in [0.29, 0.717) is 28.5 Å². The summed E-state index contributed by atoms with van der Waals surface area (Å²) in [6, 6.07) is 0. The molecule has 22 heavy (non-hydrogen) atoms. The smallest absolute Gasteiger partial charge is 0.268 e. The zero-order chi connectivity index (χ0) is 15.9. The van der Waals surface area contributed by atoms with E-state index in [-0.39, 0.29) is 11.8 Å². The van der Waals surface area contributed by atoms with Gasteiger partial charge in [-0.3, -0.25) is 14.9 Å². The van der Waals surface area contributed by atoms with E-state index in [9.17, 15) is 9.59 Å². The van der Waals surface area contributed by atoms with Crippen LogP contribution in [0.5, 0.6) is 0 Å². The van der Waals surface area contributed by atoms with Gasteiger partial charge in [0.15, 0.2) is 0 Å². The van der Waals surface area contributed by atoms with Crippen LogP contribution in [-0.2, 0) is 4.79 Å². The standard InChI is InChI=1S/C13H11Br2N5O2/c1-5(21)18-13-17-4-7(19-13)6-2-3-16-12(22)10-8(6)9(14)11(15)20-10/h2,4,20H,3H2,1H3,(H,16,22)(H2,17,18,19,21). The zero-order valence-corrected chi connectivity index (χ0v) is 14.6. The van der Waals surface area contributed by atoms with Crippen molar-refractivity contribution < 1.29 is 9.59 Å². The number of aromatic amines is 2. The second kappa shape index (κ2) is 5.73. The molecule has 4 N–H and O–H groups in total. The number of nitrogens with one attached hydrogen (secondary N) is 4. The zero-order valence-electron chi connectivity index (χ0n) is 11.4. The first kappa shape index (κ1) is 15.0. The van der Waals surface area contributed by atoms with Crippen molar-refractivity contribution in [1.82, 2.24) is 20.3 Å². The number of imidazole rings is 1. The van der Waals surface area contributed by atoms with Crippen LogP contribution in [0.3, 0.4) is 0 Å². The summed E-state index contributed by atoms with van der Waals surface area (Å²) in [5.74, 6) is -0.0349. The Morgan fingerprint density at radius 2 is 2.14 bits per heavy atom. The number of hydrogen-bond donors (Lipinski definition) is 4. The van der Waals surface area contributed by atoms with Crippen molar-refractivity contribution in [3.05, 3.63) is 38.3 Å². The van der Waals surface area contributed by atoms with Gasteiger partial charge in [-0.1, -0.05) is 6.08 Å². The molecular formula is C13H11Br2N5O2. The lowest BCUT2D eigenvalue weighted by Crippen LogP contribution is -2.22. The summed E-state index contributed by atoms with van der Waals surface area (Å²) in [5, 5.41) is 5.38. The Labute approximate surface area is 142 Å². The van der Waals surface area contributed by atoms with Gasteiger partial charge in [0.05, 0.1) is 21.0 Å². The van der Waals surface area contributed by atoms with Gasteiger partial charge >= 0.3 is 0 Å². The molecule has 0 atom stereocenters. The Bertz CT molecular complexity index is 805. The minimum atomic E-state index is -0.209. The van der Waals surface area contributed by atoms with Crippen molar-refractivity contribution in [2.75, 3.05) is 11.9 Å². The van der Waals surface area contributed by atoms with Crippen LogP contribution in [0.4, 0.5) is 5.95 Å². The molecule has 3 heterocycles. The van der Waals surface area contributed by atoms with E-state index in [0.717, 1.165) is 15.6 Å². The summed E-state index contributed by atoms with van der Waals surface area (Å²) in [4.78, 5) is 33.4. The molecule has 2 amide bonds. The van der Waals surface area contributed by atoms with Crippen LogP contribution in [0.2, 0.25) is 0 Å². The highest BCUT2D eigenvalue weighted by Crippen LogP contribution is 2.37. The first-order valence-electron chi connectivity index (χ1n) is 6.36. The largest absolute Gasteiger partial charge is 0.347 e. The highest BCUT2D eigenvalue weighted by Gasteiger charge is 2.26. The summed E-state index contributed by atoms with van der Waals surface area (Å²) in [5.41, 5.74) is 2.71. The third-order valence-corrected chi connectivity index (χ3v) is 5.04. The Morgan fingerprint density at radius 3 is 2.86 bits per heavy atom. The summed E-state index contributed by atoms with van der Waals surface area (Å²) >= 11 is 6.85. The minimum absolute atomic E-state index is 0.186. The molecule has 0 unspecified atom stereocenters. The molecule has 2 aromatic rings. The molecule has 0 radical (unpaired) electrons. The van der Waals surface area contributed by atoms with Crippen molar-refractivity contribution in [2.24, 2.45) is 0 Å². The monoisotopic (exact) mass is 427 g/mol. The lowest BCUT2D eigenvalue weighted by atomic mass is 10.0. The first-order valence-corrected chi connectivity index (χ1v) is 7.94. The molecule has 0 bridgehead atoms. The molecule has 2 aromatic heterocycles. The van der Waals surface area contributed by atoms with Crippen LogP contribution >= 0.6 is 31.9 Å². The number of nitrogens with zero attached hydrogens (tertiary/aromatic N) is 1. The molecule has 9 heteroatoms. The molecule has 1 aliphatic heterocycles. The van der Waals surface area contributed by atoms with Crippen LogP contribution in [0.1, 0.15) is 28.7 Å². The molecule has 0 saturated carbocycles. The normalized spacial score (nSPS) is 14.0. The molecule has 0 saturated heterocycles. The number of fused-ring (bicyclic) bond motifs is 1. The number of aromatic nitrogens is 3. The van der Waals surface area contributed by atoms with Gasteiger partial charge in [-0.2, -0.15) is 0 Å². The second-order valence-electron chi connectivity index (χ2n) is 4.66. The van der Waals surface area contributed by atoms with E-state index in [2.05, 4.69) is 57.4 Å². The molecular weight excluding hydrogens is 418 g/mol. The predicted octanol–water partition coefficient (Wildman–Crippen LogP) is 2.40. The SMILES string of the molecule is CC(=O)Nc1ncc(C2=CCNC(=O)c3[nH]c(Br)c(Br)c32)[nH]1. The van der Waals surface area contributed by atoms with E-state index in [4.69, 9.17) is 0 Å². The summed E-state index contributed by atoms with van der Waals surface area (Å²) in [6.45, 7) is 1.81. The van der Waals surface area contributed by atoms with Crippen molar-refractivity contribution in [3.63, 3.8) is 0 Å². The highest BCUT2D eigenvalue weighted by atomic mass is 79.9. The van der Waals surface area contributed by atoms with Gasteiger partial charge in [0.1, 0.15) is 5.69 Å². The van der Waals surface area contributed by atoms with Gasteiger partial charge in [-0.25, -0.2) is 4.98 Å². The van der Waals surface area contributed by atoms with Crippen molar-refractivity contribution in [2.45, 2.75) is 6.92 Å². The van der Waals surface area contributed by atoms with E-state index < -0.39 is 0 Å². The third-order valence-electron chi connectivity index (χ3n) is 3.12. The Balaban J connectivity index is 2.09. The quantitative estimate of drug-likeness (QED) is 0.590. The van der Waals surface area contributed by atoms with Gasteiger partial charge in [0.2, 0.25) is 11.9 Å². The van der Waals surface area contributed by atoms with E-state index in [1.54, 1.807) is 6.20 Å². The molecule has 0 spiro atoms. The number of hydrogen-bond acceptors (Lipinski definition) is 3. The van der Waals surface area contributed by atoms with E-state index in [1.807, 2.05) is 6.08 Å². The molecule has 0 aliphatic carbocycles. The number of amides is 2. The number of carbonyl (C=O) groups is 2. The molecule has 0 aromatic carbocycles. The fourth-order valence-electron chi connectivity index (χ4n) is 2.24. The lowest BCUT2D eigenvalue weighted by molar-refractivity contribution is -0.114. The van der Waals surface area contributed by atoms with E-state index in [1.165, 1.54) is 6.92 Å². The van der Waals surface area contributed by atoms with Crippen molar-refractivity contribution >= 4 is 55.2 Å². The van der Waals surface area contributed by atoms with Crippen LogP contribution < -0.4 is 10.6 Å². The highest BCUT2D eigenvalue weighted by molar-refractivity contribution is 9.13. The molecule has 1 aliphatic rings. The number of H-pyrrole nitrogens is 2. The van der Waals surface area contributed by atoms with Gasteiger partial charge in [0.25, 0.3) is 5.91 Å². The van der Waals surface area contributed by atoms with Crippen LogP contribution in [0.25, 0.3) is 5.57 Å². The maximum Gasteiger partial charge on any atom is 0.268 e. The predicted molar refractivity (Wildman–Crippen MR) is 88.5 cm³/mol. The Hall–Kier alpha value is -1.87. The van der Waals surface area contributed by atoms with E-state index >= 15 is 0 Å². The van der Waals surface area contributed by atoms with Crippen LogP contribution in [0.15, 0.2) is 21.3 Å². The third kappa shape index (κ3) is 2.61. The van der Waals surface area contributed by atoms with Crippen molar-refractivity contribution in [1.29, 1.82) is 0 Å². The topological polar surface area (TPSA) is 103 Å². The minimum Gasteiger partial charge on any atom is -0.347 e. The second-order valence-corrected chi connectivity index (χ2v) is 6.24. The van der Waals surface area contributed by atoms with Gasteiger partial charge in [-0.05, 0) is 31.9 Å². The maximum absolute atomic E-state index is 12.1. The van der Waals surface area contributed by atoms with Gasteiger partial charge in [0, 0.05) is 24.6 Å². The molecule has 114 valence electrons. The molecule has 3 rings (SSSR count). The average molecular weight is 429 g/mol. The number of rotatable bonds is 2. The fraction of sp³-hybridized carbons (Fsp3) is 0.154. The number of carbonyl (C=O) groups excluding carboxylic acids is 2. The van der Waals surface area contributed by atoms with Crippen LogP contribution in [-0.4, -0.2) is 33.3 Å². The summed E-state index contributed by atoms with van der Waals surface area (Å²) in [6.07, 6.45) is 3.50. The van der Waals surface area contributed by atoms with Gasteiger partial charge in [-0.15, -0.1) is 0 Å². The number of halogens is 2. The Morgan fingerprint density at radius 1 is 1.36 bits per heavy atom. The summed E-state index contributed by atoms with van der Waals surface area (Å²) in [7, 11) is 0. The molecule has 7 nitrogen and oxygen atoms in total. The van der Waals surface area contributed by atoms with Crippen molar-refractivity contribution in [3.8, 4) is 0 Å². The fourth-order valence-corrected chi connectivity index (χ4v) is 3.15. The van der Waals surface area contributed by atoms with Gasteiger partial charge < -0.3 is 15.3 Å². The average Bonchev–Trinajstić information content (AvgIpc) is 2.97. The summed E-state index contributed by atoms with van der Waals surface area (Å²) < 4.78 is 1.43. The number of anilines is 1. The lowest BCUT2D eigenvalue weighted by Gasteiger charge is -2.04. The molecule has 0 fully saturated rings. The Kier molecular flexibility index (Phi) is 3.92. The van der Waals surface area contributed by atoms with Crippen LogP contribution in [0, 0.1) is 0 Å². The maximum atomic E-state index is 12.1.